The van der Waals surface area contributed by atoms with Crippen LogP contribution in [0.1, 0.15) is 15.9 Å². The van der Waals surface area contributed by atoms with E-state index in [-0.39, 0.29) is 18.1 Å². The molecule has 0 saturated carbocycles. The molecule has 0 N–H and O–H groups in total. The fourth-order valence-corrected chi connectivity index (χ4v) is 3.19. The van der Waals surface area contributed by atoms with Crippen molar-refractivity contribution in [3.63, 3.8) is 0 Å². The Morgan fingerprint density at radius 2 is 1.67 bits per heavy atom. The molecule has 0 spiro atoms. The number of benzene rings is 3. The van der Waals surface area contributed by atoms with Gasteiger partial charge < -0.3 is 19.1 Å². The van der Waals surface area contributed by atoms with Crippen molar-refractivity contribution >= 4 is 34.2 Å². The van der Waals surface area contributed by atoms with Gasteiger partial charge in [0, 0.05) is 18.6 Å². The highest BCUT2D eigenvalue weighted by Gasteiger charge is 2.18. The van der Waals surface area contributed by atoms with Crippen LogP contribution in [0.5, 0.6) is 11.5 Å². The highest BCUT2D eigenvalue weighted by atomic mass is 35.5. The minimum absolute atomic E-state index is 0.172. The van der Waals surface area contributed by atoms with Crippen LogP contribution in [0.3, 0.4) is 0 Å². The zero-order valence-corrected chi connectivity index (χ0v) is 17.7. The summed E-state index contributed by atoms with van der Waals surface area (Å²) in [6.45, 7) is 0.00855. The maximum absolute atomic E-state index is 12.4. The van der Waals surface area contributed by atoms with Crippen molar-refractivity contribution in [2.75, 3.05) is 27.9 Å². The van der Waals surface area contributed by atoms with Gasteiger partial charge in [-0.15, -0.1) is 0 Å². The maximum atomic E-state index is 12.4. The second-order valence-corrected chi connectivity index (χ2v) is 7.15. The summed E-state index contributed by atoms with van der Waals surface area (Å²) in [5, 5.41) is 2.48. The van der Waals surface area contributed by atoms with E-state index >= 15 is 0 Å². The van der Waals surface area contributed by atoms with Gasteiger partial charge >= 0.3 is 5.97 Å². The average Bonchev–Trinajstić information content (AvgIpc) is 2.76. The van der Waals surface area contributed by atoms with Gasteiger partial charge in [-0.2, -0.15) is 0 Å². The maximum Gasteiger partial charge on any atom is 0.342 e. The van der Waals surface area contributed by atoms with E-state index in [1.807, 2.05) is 36.4 Å². The highest BCUT2D eigenvalue weighted by molar-refractivity contribution is 6.31. The van der Waals surface area contributed by atoms with Crippen LogP contribution in [0.25, 0.3) is 10.8 Å². The predicted octanol–water partition coefficient (Wildman–Crippen LogP) is 4.33. The Labute approximate surface area is 179 Å². The molecule has 3 aromatic carbocycles. The van der Waals surface area contributed by atoms with Gasteiger partial charge in [0.1, 0.15) is 17.1 Å². The first-order valence-electron chi connectivity index (χ1n) is 9.22. The smallest absolute Gasteiger partial charge is 0.342 e. The monoisotopic (exact) mass is 427 g/mol. The number of esters is 1. The Morgan fingerprint density at radius 3 is 2.40 bits per heavy atom. The van der Waals surface area contributed by atoms with Crippen LogP contribution in [0.15, 0.2) is 54.6 Å². The van der Waals surface area contributed by atoms with Crippen molar-refractivity contribution in [3.05, 3.63) is 70.7 Å². The van der Waals surface area contributed by atoms with Crippen LogP contribution in [0.2, 0.25) is 5.02 Å². The standard InChI is InChI=1S/C23H22ClNO5/c1-25(13-15-4-5-17-11-19(28-2)8-6-16(17)10-15)22(26)14-30-23(27)20-12-18(24)7-9-21(20)29-3/h4-12H,13-14H2,1-3H3. The lowest BCUT2D eigenvalue weighted by atomic mass is 10.1. The number of fused-ring (bicyclic) bond motifs is 1. The number of rotatable bonds is 7. The topological polar surface area (TPSA) is 65.1 Å². The average molecular weight is 428 g/mol. The quantitative estimate of drug-likeness (QED) is 0.525. The summed E-state index contributed by atoms with van der Waals surface area (Å²) in [4.78, 5) is 26.3. The molecule has 0 unspecified atom stereocenters. The van der Waals surface area contributed by atoms with Crippen molar-refractivity contribution in [3.8, 4) is 11.5 Å². The van der Waals surface area contributed by atoms with Crippen molar-refractivity contribution in [2.45, 2.75) is 6.54 Å². The Hall–Kier alpha value is -3.25. The normalized spacial score (nSPS) is 10.5. The molecule has 0 aromatic heterocycles. The van der Waals surface area contributed by atoms with Gasteiger partial charge in [-0.25, -0.2) is 4.79 Å². The zero-order valence-electron chi connectivity index (χ0n) is 17.0. The van der Waals surface area contributed by atoms with Crippen LogP contribution >= 0.6 is 11.6 Å². The molecular weight excluding hydrogens is 406 g/mol. The summed E-state index contributed by atoms with van der Waals surface area (Å²) in [5.74, 6) is 0.133. The molecule has 0 aliphatic carbocycles. The highest BCUT2D eigenvalue weighted by Crippen LogP contribution is 2.24. The lowest BCUT2D eigenvalue weighted by Gasteiger charge is -2.18. The molecule has 0 fully saturated rings. The van der Waals surface area contributed by atoms with Gasteiger partial charge in [-0.05, 0) is 52.7 Å². The molecule has 0 radical (unpaired) electrons. The molecule has 30 heavy (non-hydrogen) atoms. The number of ether oxygens (including phenoxy) is 3. The molecule has 0 saturated heterocycles. The molecule has 0 atom stereocenters. The van der Waals surface area contributed by atoms with E-state index in [9.17, 15) is 9.59 Å². The number of hydrogen-bond donors (Lipinski definition) is 0. The van der Waals surface area contributed by atoms with E-state index in [1.54, 1.807) is 26.3 Å². The number of likely N-dealkylation sites (N-methyl/N-ethyl adjacent to an activating group) is 1. The van der Waals surface area contributed by atoms with Gasteiger partial charge in [-0.3, -0.25) is 4.79 Å². The second-order valence-electron chi connectivity index (χ2n) is 6.72. The van der Waals surface area contributed by atoms with Gasteiger partial charge in [-0.1, -0.05) is 29.8 Å². The van der Waals surface area contributed by atoms with E-state index in [2.05, 4.69) is 0 Å². The lowest BCUT2D eigenvalue weighted by Crippen LogP contribution is -2.30. The Morgan fingerprint density at radius 1 is 0.933 bits per heavy atom. The third-order valence-corrected chi connectivity index (χ3v) is 4.90. The molecule has 0 aliphatic heterocycles. The first kappa shape index (κ1) is 21.5. The molecular formula is C23H22ClNO5. The summed E-state index contributed by atoms with van der Waals surface area (Å²) >= 11 is 5.93. The van der Waals surface area contributed by atoms with E-state index in [0.29, 0.717) is 17.3 Å². The number of carbonyl (C=O) groups is 2. The summed E-state index contributed by atoms with van der Waals surface area (Å²) in [7, 11) is 4.73. The Kier molecular flexibility index (Phi) is 6.79. The van der Waals surface area contributed by atoms with Gasteiger partial charge in [0.25, 0.3) is 5.91 Å². The van der Waals surface area contributed by atoms with Crippen LogP contribution < -0.4 is 9.47 Å². The van der Waals surface area contributed by atoms with E-state index < -0.39 is 5.97 Å². The number of halogens is 1. The molecule has 7 heteroatoms. The van der Waals surface area contributed by atoms with Crippen molar-refractivity contribution in [2.24, 2.45) is 0 Å². The fraction of sp³-hybridized carbons (Fsp3) is 0.217. The van der Waals surface area contributed by atoms with Gasteiger partial charge in [0.15, 0.2) is 6.61 Å². The Bertz CT molecular complexity index is 1080. The summed E-state index contributed by atoms with van der Waals surface area (Å²) in [6.07, 6.45) is 0. The third-order valence-electron chi connectivity index (χ3n) is 4.67. The molecule has 6 nitrogen and oxygen atoms in total. The second kappa shape index (κ2) is 9.50. The lowest BCUT2D eigenvalue weighted by molar-refractivity contribution is -0.133. The number of carbonyl (C=O) groups excluding carboxylic acids is 2. The number of nitrogens with zero attached hydrogens (tertiary/aromatic N) is 1. The molecule has 3 aromatic rings. The van der Waals surface area contributed by atoms with Gasteiger partial charge in [0.05, 0.1) is 14.2 Å². The molecule has 3 rings (SSSR count). The summed E-state index contributed by atoms with van der Waals surface area (Å²) in [6, 6.07) is 16.4. The van der Waals surface area contributed by atoms with Crippen molar-refractivity contribution in [1.29, 1.82) is 0 Å². The SMILES string of the molecule is COc1ccc2cc(CN(C)C(=O)COC(=O)c3cc(Cl)ccc3OC)ccc2c1. The van der Waals surface area contributed by atoms with E-state index in [1.165, 1.54) is 18.1 Å². The number of amides is 1. The van der Waals surface area contributed by atoms with Crippen LogP contribution in [0, 0.1) is 0 Å². The Balaban J connectivity index is 1.61. The van der Waals surface area contributed by atoms with E-state index in [4.69, 9.17) is 25.8 Å². The molecule has 1 amide bonds. The number of methoxy groups -OCH3 is 2. The first-order valence-corrected chi connectivity index (χ1v) is 9.60. The molecule has 0 aliphatic rings. The number of hydrogen-bond acceptors (Lipinski definition) is 5. The van der Waals surface area contributed by atoms with Crippen LogP contribution in [-0.4, -0.2) is 44.7 Å². The van der Waals surface area contributed by atoms with Gasteiger partial charge in [0.2, 0.25) is 0 Å². The first-order chi connectivity index (χ1) is 14.4. The summed E-state index contributed by atoms with van der Waals surface area (Å²) in [5.41, 5.74) is 1.14. The van der Waals surface area contributed by atoms with Crippen LogP contribution in [0.4, 0.5) is 0 Å². The van der Waals surface area contributed by atoms with Crippen LogP contribution in [-0.2, 0) is 16.1 Å². The van der Waals surface area contributed by atoms with E-state index in [0.717, 1.165) is 22.1 Å². The van der Waals surface area contributed by atoms with Crippen molar-refractivity contribution in [1.82, 2.24) is 4.90 Å². The molecule has 0 heterocycles. The molecule has 0 bridgehead atoms. The third kappa shape index (κ3) is 5.02. The predicted molar refractivity (Wildman–Crippen MR) is 115 cm³/mol. The minimum atomic E-state index is -0.671. The minimum Gasteiger partial charge on any atom is -0.497 e. The zero-order chi connectivity index (χ0) is 21.7. The van der Waals surface area contributed by atoms with Crippen molar-refractivity contribution < 1.29 is 23.8 Å². The summed E-state index contributed by atoms with van der Waals surface area (Å²) < 4.78 is 15.5. The molecule has 156 valence electrons. The fourth-order valence-electron chi connectivity index (χ4n) is 3.02. The largest absolute Gasteiger partial charge is 0.497 e.